The predicted molar refractivity (Wildman–Crippen MR) is 109 cm³/mol. The molecule has 0 unspecified atom stereocenters. The fourth-order valence-electron chi connectivity index (χ4n) is 3.65. The Balaban J connectivity index is 2.15. The molecule has 1 aliphatic rings. The first kappa shape index (κ1) is 20.7. The Hall–Kier alpha value is -0.618. The monoisotopic (exact) mass is 362 g/mol. The van der Waals surface area contributed by atoms with Gasteiger partial charge in [-0.25, -0.2) is 0 Å². The number of rotatable bonds is 7. The smallest absolute Gasteiger partial charge is 0.420 e. The summed E-state index contributed by atoms with van der Waals surface area (Å²) >= 11 is 0. The Morgan fingerprint density at radius 1 is 1.04 bits per heavy atom. The fourth-order valence-corrected chi connectivity index (χ4v) is 6.22. The molecule has 1 aliphatic heterocycles. The van der Waals surface area contributed by atoms with Gasteiger partial charge in [-0.1, -0.05) is 37.3 Å². The van der Waals surface area contributed by atoms with Crippen LogP contribution in [0.5, 0.6) is 0 Å². The maximum Gasteiger partial charge on any atom is 0.460 e. The highest BCUT2D eigenvalue weighted by atomic mass is 28.4. The lowest BCUT2D eigenvalue weighted by Crippen LogP contribution is -2.42. The SMILES string of the molecule is CO[Si](C)(C)[C@@H](CCc1ccccc1)[C@H](C)B1OC(C)(C)C(C)(C)O1. The zero-order valence-corrected chi connectivity index (χ0v) is 18.3. The van der Waals surface area contributed by atoms with E-state index in [1.807, 2.05) is 7.11 Å². The van der Waals surface area contributed by atoms with Gasteiger partial charge in [-0.15, -0.1) is 0 Å². The Morgan fingerprint density at radius 2 is 1.56 bits per heavy atom. The number of hydrogen-bond donors (Lipinski definition) is 0. The molecule has 1 saturated heterocycles. The maximum absolute atomic E-state index is 6.34. The Labute approximate surface area is 155 Å². The van der Waals surface area contributed by atoms with Crippen molar-refractivity contribution < 1.29 is 13.7 Å². The van der Waals surface area contributed by atoms with Crippen LogP contribution in [0.2, 0.25) is 24.5 Å². The summed E-state index contributed by atoms with van der Waals surface area (Å²) in [6, 6.07) is 10.7. The highest BCUT2D eigenvalue weighted by Gasteiger charge is 2.55. The van der Waals surface area contributed by atoms with Crippen LogP contribution in [-0.2, 0) is 20.2 Å². The molecule has 1 heterocycles. The normalized spacial score (nSPS) is 22.0. The molecule has 0 bridgehead atoms. The molecular formula is C20H35BO3Si. The number of hydrogen-bond acceptors (Lipinski definition) is 3. The molecule has 1 aromatic carbocycles. The summed E-state index contributed by atoms with van der Waals surface area (Å²) in [4.78, 5) is 0. The Kier molecular flexibility index (Phi) is 6.25. The van der Waals surface area contributed by atoms with Crippen molar-refractivity contribution in [2.45, 2.75) is 83.1 Å². The summed E-state index contributed by atoms with van der Waals surface area (Å²) in [5.74, 6) is 0.298. The topological polar surface area (TPSA) is 27.7 Å². The van der Waals surface area contributed by atoms with Crippen molar-refractivity contribution in [3.05, 3.63) is 35.9 Å². The molecule has 2 rings (SSSR count). The molecular weight excluding hydrogens is 327 g/mol. The molecule has 1 fully saturated rings. The van der Waals surface area contributed by atoms with Gasteiger partial charge in [0, 0.05) is 7.11 Å². The molecule has 0 aliphatic carbocycles. The minimum absolute atomic E-state index is 0.173. The van der Waals surface area contributed by atoms with Crippen LogP contribution >= 0.6 is 0 Å². The molecule has 25 heavy (non-hydrogen) atoms. The molecule has 0 aromatic heterocycles. The van der Waals surface area contributed by atoms with E-state index < -0.39 is 8.32 Å². The summed E-state index contributed by atoms with van der Waals surface area (Å²) in [5, 5.41) is 0. The highest BCUT2D eigenvalue weighted by Crippen LogP contribution is 2.47. The lowest BCUT2D eigenvalue weighted by molar-refractivity contribution is 0.00578. The lowest BCUT2D eigenvalue weighted by atomic mass is 9.70. The van der Waals surface area contributed by atoms with E-state index >= 15 is 0 Å². The summed E-state index contributed by atoms with van der Waals surface area (Å²) in [6.45, 7) is 15.4. The molecule has 0 radical (unpaired) electrons. The zero-order chi connectivity index (χ0) is 18.9. The minimum atomic E-state index is -1.84. The Bertz CT molecular complexity index is 543. The van der Waals surface area contributed by atoms with Gasteiger partial charge in [0.05, 0.1) is 11.2 Å². The van der Waals surface area contributed by atoms with Crippen molar-refractivity contribution >= 4 is 15.4 Å². The van der Waals surface area contributed by atoms with Crippen LogP contribution in [-0.4, -0.2) is 33.7 Å². The summed E-state index contributed by atoms with van der Waals surface area (Å²) < 4.78 is 18.7. The van der Waals surface area contributed by atoms with Crippen molar-refractivity contribution in [2.75, 3.05) is 7.11 Å². The van der Waals surface area contributed by atoms with E-state index in [1.165, 1.54) is 5.56 Å². The zero-order valence-electron chi connectivity index (χ0n) is 17.3. The van der Waals surface area contributed by atoms with E-state index in [9.17, 15) is 0 Å². The van der Waals surface area contributed by atoms with Gasteiger partial charge in [-0.05, 0) is 70.6 Å². The van der Waals surface area contributed by atoms with Crippen molar-refractivity contribution in [3.8, 4) is 0 Å². The van der Waals surface area contributed by atoms with Crippen LogP contribution in [0.1, 0.15) is 46.6 Å². The van der Waals surface area contributed by atoms with Gasteiger partial charge in [-0.2, -0.15) is 0 Å². The molecule has 5 heteroatoms. The van der Waals surface area contributed by atoms with Crippen molar-refractivity contribution in [1.82, 2.24) is 0 Å². The average molecular weight is 362 g/mol. The van der Waals surface area contributed by atoms with Gasteiger partial charge in [0.1, 0.15) is 0 Å². The third-order valence-electron chi connectivity index (χ3n) is 6.34. The first-order valence-corrected chi connectivity index (χ1v) is 12.4. The molecule has 1 aromatic rings. The van der Waals surface area contributed by atoms with Gasteiger partial charge < -0.3 is 13.7 Å². The molecule has 0 spiro atoms. The second kappa shape index (κ2) is 7.55. The van der Waals surface area contributed by atoms with Crippen LogP contribution in [0.4, 0.5) is 0 Å². The molecule has 0 N–H and O–H groups in total. The van der Waals surface area contributed by atoms with Crippen LogP contribution in [0, 0.1) is 0 Å². The number of benzene rings is 1. The average Bonchev–Trinajstić information content (AvgIpc) is 2.76. The van der Waals surface area contributed by atoms with E-state index in [1.54, 1.807) is 0 Å². The van der Waals surface area contributed by atoms with Gasteiger partial charge >= 0.3 is 7.12 Å². The second-order valence-corrected chi connectivity index (χ2v) is 13.3. The van der Waals surface area contributed by atoms with Gasteiger partial charge in [0.25, 0.3) is 0 Å². The quantitative estimate of drug-likeness (QED) is 0.614. The van der Waals surface area contributed by atoms with Crippen molar-refractivity contribution in [2.24, 2.45) is 0 Å². The van der Waals surface area contributed by atoms with E-state index in [0.717, 1.165) is 12.8 Å². The second-order valence-electron chi connectivity index (χ2n) is 8.92. The molecule has 0 saturated carbocycles. The predicted octanol–water partition coefficient (Wildman–Crippen LogP) is 5.32. The third-order valence-corrected chi connectivity index (χ3v) is 9.99. The summed E-state index contributed by atoms with van der Waals surface area (Å²) in [6.07, 6.45) is 2.16. The van der Waals surface area contributed by atoms with E-state index in [0.29, 0.717) is 11.4 Å². The molecule has 0 amide bonds. The first-order valence-electron chi connectivity index (χ1n) is 9.45. The molecule has 140 valence electrons. The summed E-state index contributed by atoms with van der Waals surface area (Å²) in [7, 11) is -0.157. The molecule has 2 atom stereocenters. The van der Waals surface area contributed by atoms with Crippen LogP contribution in [0.15, 0.2) is 30.3 Å². The third kappa shape index (κ3) is 4.57. The number of aryl methyl sites for hydroxylation is 1. The summed E-state index contributed by atoms with van der Waals surface area (Å²) in [5.41, 5.74) is 1.28. The van der Waals surface area contributed by atoms with E-state index in [2.05, 4.69) is 78.0 Å². The van der Waals surface area contributed by atoms with Crippen molar-refractivity contribution in [3.63, 3.8) is 0 Å². The van der Waals surface area contributed by atoms with Crippen LogP contribution in [0.3, 0.4) is 0 Å². The van der Waals surface area contributed by atoms with E-state index in [4.69, 9.17) is 13.7 Å². The molecule has 3 nitrogen and oxygen atoms in total. The van der Waals surface area contributed by atoms with Gasteiger partial charge in [0.2, 0.25) is 0 Å². The first-order chi connectivity index (χ1) is 11.5. The van der Waals surface area contributed by atoms with Gasteiger partial charge in [0.15, 0.2) is 8.32 Å². The standard InChI is InChI=1S/C20H35BO3Si/c1-16(21-23-19(2,3)20(4,5)24-21)18(25(7,8)22-6)15-14-17-12-10-9-11-13-17/h9-13,16,18H,14-15H2,1-8H3/t16-,18-/m0/s1. The maximum atomic E-state index is 6.34. The van der Waals surface area contributed by atoms with Crippen LogP contribution in [0.25, 0.3) is 0 Å². The van der Waals surface area contributed by atoms with E-state index in [-0.39, 0.29) is 18.3 Å². The largest absolute Gasteiger partial charge is 0.460 e. The fraction of sp³-hybridized carbons (Fsp3) is 0.700. The minimum Gasteiger partial charge on any atom is -0.420 e. The van der Waals surface area contributed by atoms with Crippen molar-refractivity contribution in [1.29, 1.82) is 0 Å². The highest BCUT2D eigenvalue weighted by molar-refractivity contribution is 6.74. The lowest BCUT2D eigenvalue weighted by Gasteiger charge is -2.36. The Morgan fingerprint density at radius 3 is 2.04 bits per heavy atom. The van der Waals surface area contributed by atoms with Crippen LogP contribution < -0.4 is 0 Å². The van der Waals surface area contributed by atoms with Gasteiger partial charge in [-0.3, -0.25) is 0 Å².